The Kier molecular flexibility index (Phi) is 7.32. The lowest BCUT2D eigenvalue weighted by Gasteiger charge is -2.15. The molecule has 2 N–H and O–H groups in total. The maximum Gasteiger partial charge on any atom is 0.337 e. The fourth-order valence-corrected chi connectivity index (χ4v) is 3.46. The first-order chi connectivity index (χ1) is 14.4. The Morgan fingerprint density at radius 1 is 1.00 bits per heavy atom. The lowest BCUT2D eigenvalue weighted by molar-refractivity contribution is 0.0697. The molecule has 0 aliphatic heterocycles. The fraction of sp³-hybridized carbons (Fsp3) is 0.136. The Bertz CT molecular complexity index is 1070. The summed E-state index contributed by atoms with van der Waals surface area (Å²) in [5.41, 5.74) is 2.31. The number of benzene rings is 3. The molecule has 0 aromatic heterocycles. The molecule has 30 heavy (non-hydrogen) atoms. The number of halogens is 3. The Hall–Kier alpha value is -2.60. The normalized spacial score (nSPS) is 10.5. The third kappa shape index (κ3) is 5.30. The molecule has 0 fully saturated rings. The monoisotopic (exact) mass is 465 g/mol. The van der Waals surface area contributed by atoms with Gasteiger partial charge in [0.1, 0.15) is 6.61 Å². The van der Waals surface area contributed by atoms with Crippen molar-refractivity contribution in [3.05, 3.63) is 86.4 Å². The average molecular weight is 467 g/mol. The average Bonchev–Trinajstić information content (AvgIpc) is 2.72. The number of carboxylic acid groups (broad SMARTS) is 1. The molecule has 0 radical (unpaired) electrons. The van der Waals surface area contributed by atoms with Gasteiger partial charge in [0, 0.05) is 22.8 Å². The Morgan fingerprint density at radius 3 is 2.47 bits per heavy atom. The first-order valence-corrected chi connectivity index (χ1v) is 10.0. The van der Waals surface area contributed by atoms with Crippen LogP contribution in [0.2, 0.25) is 15.1 Å². The number of aromatic carboxylic acids is 1. The van der Waals surface area contributed by atoms with Crippen LogP contribution in [0.4, 0.5) is 5.69 Å². The second-order valence-electron chi connectivity index (χ2n) is 6.34. The quantitative estimate of drug-likeness (QED) is 0.394. The predicted octanol–water partition coefficient (Wildman–Crippen LogP) is 6.54. The van der Waals surface area contributed by atoms with Gasteiger partial charge in [0.2, 0.25) is 0 Å². The number of hydrogen-bond donors (Lipinski definition) is 2. The zero-order valence-electron chi connectivity index (χ0n) is 15.9. The van der Waals surface area contributed by atoms with Crippen LogP contribution in [0, 0.1) is 0 Å². The first-order valence-electron chi connectivity index (χ1n) is 8.88. The van der Waals surface area contributed by atoms with E-state index in [1.54, 1.807) is 24.3 Å². The van der Waals surface area contributed by atoms with Crippen molar-refractivity contribution in [2.75, 3.05) is 12.4 Å². The maximum absolute atomic E-state index is 11.2. The lowest BCUT2D eigenvalue weighted by atomic mass is 10.1. The summed E-state index contributed by atoms with van der Waals surface area (Å²) in [5, 5.41) is 13.5. The molecule has 5 nitrogen and oxygen atoms in total. The molecular weight excluding hydrogens is 449 g/mol. The van der Waals surface area contributed by atoms with E-state index in [0.717, 1.165) is 11.1 Å². The van der Waals surface area contributed by atoms with Gasteiger partial charge in [-0.15, -0.1) is 0 Å². The summed E-state index contributed by atoms with van der Waals surface area (Å²) in [5.74, 6) is -0.190. The third-order valence-electron chi connectivity index (χ3n) is 4.31. The summed E-state index contributed by atoms with van der Waals surface area (Å²) in [4.78, 5) is 11.2. The number of ether oxygens (including phenoxy) is 2. The second-order valence-corrected chi connectivity index (χ2v) is 7.56. The summed E-state index contributed by atoms with van der Waals surface area (Å²) >= 11 is 18.5. The predicted molar refractivity (Wildman–Crippen MR) is 120 cm³/mol. The summed E-state index contributed by atoms with van der Waals surface area (Å²) in [6, 6.07) is 15.7. The maximum atomic E-state index is 11.2. The highest BCUT2D eigenvalue weighted by Crippen LogP contribution is 2.37. The molecule has 0 saturated carbocycles. The van der Waals surface area contributed by atoms with Crippen LogP contribution in [0.25, 0.3) is 0 Å². The van der Waals surface area contributed by atoms with Gasteiger partial charge in [-0.2, -0.15) is 0 Å². The number of methoxy groups -OCH3 is 1. The number of anilines is 1. The highest BCUT2D eigenvalue weighted by atomic mass is 35.5. The zero-order chi connectivity index (χ0) is 21.7. The summed E-state index contributed by atoms with van der Waals surface area (Å²) < 4.78 is 11.3. The molecule has 0 atom stereocenters. The molecule has 0 amide bonds. The standard InChI is InChI=1S/C22H18Cl3NO4/c1-29-20-9-13(11-26-15-6-7-18(24)16(10-15)22(27)28)8-19(25)21(20)30-12-14-4-2-3-5-17(14)23/h2-10,26H,11-12H2,1H3,(H,27,28). The molecule has 3 aromatic carbocycles. The largest absolute Gasteiger partial charge is 0.493 e. The minimum absolute atomic E-state index is 0.0283. The lowest BCUT2D eigenvalue weighted by Crippen LogP contribution is -2.04. The van der Waals surface area contributed by atoms with E-state index in [1.807, 2.05) is 18.2 Å². The van der Waals surface area contributed by atoms with Crippen LogP contribution >= 0.6 is 34.8 Å². The number of hydrogen-bond acceptors (Lipinski definition) is 4. The minimum atomic E-state index is -1.09. The molecule has 0 bridgehead atoms. The second kappa shape index (κ2) is 9.94. The minimum Gasteiger partial charge on any atom is -0.493 e. The molecule has 0 aliphatic carbocycles. The smallest absolute Gasteiger partial charge is 0.337 e. The topological polar surface area (TPSA) is 67.8 Å². The number of carbonyl (C=O) groups is 1. The molecule has 156 valence electrons. The number of nitrogens with one attached hydrogen (secondary N) is 1. The van der Waals surface area contributed by atoms with E-state index in [2.05, 4.69) is 5.32 Å². The van der Waals surface area contributed by atoms with Gasteiger partial charge >= 0.3 is 5.97 Å². The number of rotatable bonds is 8. The van der Waals surface area contributed by atoms with Crippen molar-refractivity contribution in [1.82, 2.24) is 0 Å². The van der Waals surface area contributed by atoms with Crippen LogP contribution in [-0.2, 0) is 13.2 Å². The zero-order valence-corrected chi connectivity index (χ0v) is 18.2. The molecule has 3 aromatic rings. The van der Waals surface area contributed by atoms with Gasteiger partial charge in [-0.25, -0.2) is 4.79 Å². The van der Waals surface area contributed by atoms with E-state index in [-0.39, 0.29) is 17.2 Å². The van der Waals surface area contributed by atoms with E-state index in [9.17, 15) is 9.90 Å². The van der Waals surface area contributed by atoms with Gasteiger partial charge in [-0.3, -0.25) is 0 Å². The van der Waals surface area contributed by atoms with Crippen molar-refractivity contribution in [3.63, 3.8) is 0 Å². The summed E-state index contributed by atoms with van der Waals surface area (Å²) in [6.45, 7) is 0.637. The highest BCUT2D eigenvalue weighted by molar-refractivity contribution is 6.33. The molecule has 0 saturated heterocycles. The van der Waals surface area contributed by atoms with Gasteiger partial charge in [0.25, 0.3) is 0 Å². The van der Waals surface area contributed by atoms with E-state index < -0.39 is 5.97 Å². The van der Waals surface area contributed by atoms with Crippen molar-refractivity contribution in [2.45, 2.75) is 13.2 Å². The fourth-order valence-electron chi connectivity index (χ4n) is 2.78. The molecule has 0 heterocycles. The first kappa shape index (κ1) is 22.1. The van der Waals surface area contributed by atoms with Gasteiger partial charge in [-0.1, -0.05) is 53.0 Å². The van der Waals surface area contributed by atoms with E-state index in [0.29, 0.717) is 33.8 Å². The van der Waals surface area contributed by atoms with Crippen molar-refractivity contribution in [2.24, 2.45) is 0 Å². The van der Waals surface area contributed by atoms with Crippen LogP contribution in [-0.4, -0.2) is 18.2 Å². The van der Waals surface area contributed by atoms with E-state index >= 15 is 0 Å². The molecule has 0 spiro atoms. The Labute approximate surface area is 189 Å². The highest BCUT2D eigenvalue weighted by Gasteiger charge is 2.14. The van der Waals surface area contributed by atoms with Crippen LogP contribution in [0.5, 0.6) is 11.5 Å². The van der Waals surface area contributed by atoms with Crippen LogP contribution < -0.4 is 14.8 Å². The van der Waals surface area contributed by atoms with Crippen molar-refractivity contribution in [3.8, 4) is 11.5 Å². The summed E-state index contributed by atoms with van der Waals surface area (Å²) in [6.07, 6.45) is 0. The Balaban J connectivity index is 1.74. The van der Waals surface area contributed by atoms with Crippen LogP contribution in [0.1, 0.15) is 21.5 Å². The SMILES string of the molecule is COc1cc(CNc2ccc(Cl)c(C(=O)O)c2)cc(Cl)c1OCc1ccccc1Cl. The molecule has 0 unspecified atom stereocenters. The Morgan fingerprint density at radius 2 is 1.77 bits per heavy atom. The molecule has 0 aliphatic rings. The van der Waals surface area contributed by atoms with Crippen LogP contribution in [0.15, 0.2) is 54.6 Å². The molecule has 8 heteroatoms. The molecule has 3 rings (SSSR count). The van der Waals surface area contributed by atoms with E-state index in [1.165, 1.54) is 19.2 Å². The van der Waals surface area contributed by atoms with Crippen molar-refractivity contribution < 1.29 is 19.4 Å². The molecular formula is C22H18Cl3NO4. The van der Waals surface area contributed by atoms with Gasteiger partial charge < -0.3 is 19.9 Å². The van der Waals surface area contributed by atoms with Gasteiger partial charge in [0.15, 0.2) is 11.5 Å². The van der Waals surface area contributed by atoms with Gasteiger partial charge in [-0.05, 0) is 42.0 Å². The van der Waals surface area contributed by atoms with E-state index in [4.69, 9.17) is 44.3 Å². The number of carboxylic acids is 1. The van der Waals surface area contributed by atoms with Crippen molar-refractivity contribution >= 4 is 46.5 Å². The van der Waals surface area contributed by atoms with Crippen LogP contribution in [0.3, 0.4) is 0 Å². The van der Waals surface area contributed by atoms with Gasteiger partial charge in [0.05, 0.1) is 22.7 Å². The van der Waals surface area contributed by atoms with Crippen molar-refractivity contribution in [1.29, 1.82) is 0 Å². The summed E-state index contributed by atoms with van der Waals surface area (Å²) in [7, 11) is 1.53. The third-order valence-corrected chi connectivity index (χ3v) is 5.29.